The summed E-state index contributed by atoms with van der Waals surface area (Å²) in [6.45, 7) is 4.67. The van der Waals surface area contributed by atoms with Gasteiger partial charge in [0.2, 0.25) is 0 Å². The van der Waals surface area contributed by atoms with Crippen LogP contribution in [0, 0.1) is 11.8 Å². The molecule has 0 amide bonds. The average molecular weight is 338 g/mol. The number of nitrogens with two attached hydrogens (primary N) is 1. The van der Waals surface area contributed by atoms with Crippen molar-refractivity contribution < 1.29 is 4.74 Å². The molecule has 2 aliphatic rings. The number of hydrogen-bond donors (Lipinski definition) is 1. The van der Waals surface area contributed by atoms with Crippen molar-refractivity contribution in [3.05, 3.63) is 28.2 Å². The predicted molar refractivity (Wildman–Crippen MR) is 85.8 cm³/mol. The van der Waals surface area contributed by atoms with Gasteiger partial charge in [0, 0.05) is 22.5 Å². The summed E-state index contributed by atoms with van der Waals surface area (Å²) in [5, 5.41) is 0. The first kappa shape index (κ1) is 14.4. The first-order chi connectivity index (χ1) is 9.49. The fraction of sp³-hybridized carbons (Fsp3) is 0.647. The van der Waals surface area contributed by atoms with Crippen LogP contribution in [0.4, 0.5) is 0 Å². The molecule has 1 aromatic rings. The van der Waals surface area contributed by atoms with Crippen molar-refractivity contribution in [2.45, 2.75) is 57.6 Å². The Balaban J connectivity index is 1.81. The molecule has 110 valence electrons. The van der Waals surface area contributed by atoms with Crippen molar-refractivity contribution in [1.29, 1.82) is 0 Å². The van der Waals surface area contributed by atoms with E-state index >= 15 is 0 Å². The predicted octanol–water partition coefficient (Wildman–Crippen LogP) is 4.82. The molecular formula is C17H24BrNO. The van der Waals surface area contributed by atoms with Crippen LogP contribution in [0.3, 0.4) is 0 Å². The lowest BCUT2D eigenvalue weighted by molar-refractivity contribution is -0.0160. The van der Waals surface area contributed by atoms with Gasteiger partial charge in [0.15, 0.2) is 0 Å². The maximum Gasteiger partial charge on any atom is 0.126 e. The van der Waals surface area contributed by atoms with E-state index in [1.165, 1.54) is 12.8 Å². The lowest BCUT2D eigenvalue weighted by Gasteiger charge is -2.46. The third-order valence-corrected chi connectivity index (χ3v) is 5.67. The van der Waals surface area contributed by atoms with Gasteiger partial charge >= 0.3 is 0 Å². The molecule has 2 nitrogen and oxygen atoms in total. The van der Waals surface area contributed by atoms with Crippen LogP contribution < -0.4 is 10.5 Å². The van der Waals surface area contributed by atoms with Crippen LogP contribution in [-0.2, 0) is 0 Å². The summed E-state index contributed by atoms with van der Waals surface area (Å²) in [7, 11) is 0. The number of fused-ring (bicyclic) bond motifs is 1. The molecule has 1 aliphatic heterocycles. The molecule has 20 heavy (non-hydrogen) atoms. The van der Waals surface area contributed by atoms with Gasteiger partial charge in [0.05, 0.1) is 0 Å². The Morgan fingerprint density at radius 3 is 2.65 bits per heavy atom. The molecule has 0 aromatic heterocycles. The third-order valence-electron chi connectivity index (χ3n) is 5.18. The van der Waals surface area contributed by atoms with Crippen LogP contribution in [0.15, 0.2) is 22.7 Å². The van der Waals surface area contributed by atoms with E-state index in [0.29, 0.717) is 0 Å². The molecular weight excluding hydrogens is 314 g/mol. The minimum atomic E-state index is -0.0153. The zero-order valence-electron chi connectivity index (χ0n) is 12.4. The summed E-state index contributed by atoms with van der Waals surface area (Å²) in [6, 6.07) is 6.33. The largest absolute Gasteiger partial charge is 0.487 e. The van der Waals surface area contributed by atoms with E-state index in [0.717, 1.165) is 46.9 Å². The smallest absolute Gasteiger partial charge is 0.126 e. The zero-order valence-corrected chi connectivity index (χ0v) is 13.9. The molecule has 0 unspecified atom stereocenters. The minimum absolute atomic E-state index is 0.0153. The first-order valence-corrected chi connectivity index (χ1v) is 8.52. The lowest BCUT2D eigenvalue weighted by Crippen LogP contribution is -2.46. The Labute approximate surface area is 130 Å². The van der Waals surface area contributed by atoms with Gasteiger partial charge in [-0.2, -0.15) is 0 Å². The highest BCUT2D eigenvalue weighted by molar-refractivity contribution is 9.10. The normalized spacial score (nSPS) is 33.0. The van der Waals surface area contributed by atoms with E-state index in [2.05, 4.69) is 48.0 Å². The second-order valence-electron chi connectivity index (χ2n) is 6.86. The molecule has 1 fully saturated rings. The fourth-order valence-electron chi connectivity index (χ4n) is 3.83. The molecule has 0 saturated heterocycles. The van der Waals surface area contributed by atoms with E-state index in [4.69, 9.17) is 10.5 Å². The lowest BCUT2D eigenvalue weighted by atomic mass is 9.71. The number of hydrogen-bond acceptors (Lipinski definition) is 2. The molecule has 0 bridgehead atoms. The van der Waals surface area contributed by atoms with Crippen molar-refractivity contribution in [2.75, 3.05) is 0 Å². The molecule has 1 atom stereocenters. The number of ether oxygens (including phenoxy) is 1. The van der Waals surface area contributed by atoms with Crippen LogP contribution in [0.1, 0.15) is 57.6 Å². The SMILES string of the molecule is CC(C)C1CCC2(CC1)C[C@@H](N)c1ccc(Br)cc1O2. The van der Waals surface area contributed by atoms with Gasteiger partial charge in [0.1, 0.15) is 11.4 Å². The quantitative estimate of drug-likeness (QED) is 0.797. The number of benzene rings is 1. The van der Waals surface area contributed by atoms with Crippen molar-refractivity contribution >= 4 is 15.9 Å². The summed E-state index contributed by atoms with van der Waals surface area (Å²) in [5.41, 5.74) is 7.54. The Kier molecular flexibility index (Phi) is 3.85. The van der Waals surface area contributed by atoms with Crippen molar-refractivity contribution in [1.82, 2.24) is 0 Å². The fourth-order valence-corrected chi connectivity index (χ4v) is 4.17. The Bertz CT molecular complexity index is 492. The van der Waals surface area contributed by atoms with Gasteiger partial charge in [-0.3, -0.25) is 0 Å². The zero-order chi connectivity index (χ0) is 14.3. The van der Waals surface area contributed by atoms with Crippen molar-refractivity contribution in [2.24, 2.45) is 17.6 Å². The minimum Gasteiger partial charge on any atom is -0.487 e. The summed E-state index contributed by atoms with van der Waals surface area (Å²) in [4.78, 5) is 0. The highest BCUT2D eigenvalue weighted by Crippen LogP contribution is 2.47. The standard InChI is InChI=1S/C17H24BrNO/c1-11(2)12-5-7-17(8-6-12)10-15(19)14-4-3-13(18)9-16(14)20-17/h3-4,9,11-12,15H,5-8,10,19H2,1-2H3/t12?,15-,17?/m1/s1. The van der Waals surface area contributed by atoms with Gasteiger partial charge < -0.3 is 10.5 Å². The van der Waals surface area contributed by atoms with Gasteiger partial charge in [-0.1, -0.05) is 35.8 Å². The van der Waals surface area contributed by atoms with E-state index in [1.54, 1.807) is 0 Å². The first-order valence-electron chi connectivity index (χ1n) is 7.73. The second kappa shape index (κ2) is 5.34. The van der Waals surface area contributed by atoms with E-state index < -0.39 is 0 Å². The highest BCUT2D eigenvalue weighted by atomic mass is 79.9. The summed E-state index contributed by atoms with van der Waals surface area (Å²) in [6.07, 6.45) is 5.80. The molecule has 2 N–H and O–H groups in total. The number of rotatable bonds is 1. The van der Waals surface area contributed by atoms with E-state index in [9.17, 15) is 0 Å². The van der Waals surface area contributed by atoms with Crippen molar-refractivity contribution in [3.8, 4) is 5.75 Å². The Morgan fingerprint density at radius 1 is 1.30 bits per heavy atom. The van der Waals surface area contributed by atoms with Crippen LogP contribution in [0.5, 0.6) is 5.75 Å². The van der Waals surface area contributed by atoms with Crippen molar-refractivity contribution in [3.63, 3.8) is 0 Å². The summed E-state index contributed by atoms with van der Waals surface area (Å²) >= 11 is 3.53. The average Bonchev–Trinajstić information content (AvgIpc) is 2.38. The van der Waals surface area contributed by atoms with Crippen LogP contribution in [0.25, 0.3) is 0 Å². The molecule has 1 aromatic carbocycles. The third kappa shape index (κ3) is 2.62. The topological polar surface area (TPSA) is 35.2 Å². The van der Waals surface area contributed by atoms with E-state index in [-0.39, 0.29) is 11.6 Å². The maximum atomic E-state index is 6.43. The van der Waals surface area contributed by atoms with Crippen LogP contribution >= 0.6 is 15.9 Å². The highest BCUT2D eigenvalue weighted by Gasteiger charge is 2.43. The Hall–Kier alpha value is -0.540. The van der Waals surface area contributed by atoms with Gasteiger partial charge in [-0.25, -0.2) is 0 Å². The van der Waals surface area contributed by atoms with Gasteiger partial charge in [-0.05, 0) is 49.7 Å². The van der Waals surface area contributed by atoms with Crippen LogP contribution in [-0.4, -0.2) is 5.60 Å². The molecule has 1 spiro atoms. The van der Waals surface area contributed by atoms with Gasteiger partial charge in [0.25, 0.3) is 0 Å². The van der Waals surface area contributed by atoms with E-state index in [1.807, 2.05) is 0 Å². The molecule has 0 radical (unpaired) electrons. The molecule has 1 saturated carbocycles. The molecule has 1 heterocycles. The molecule has 3 rings (SSSR count). The number of halogens is 1. The van der Waals surface area contributed by atoms with Gasteiger partial charge in [-0.15, -0.1) is 0 Å². The van der Waals surface area contributed by atoms with Crippen LogP contribution in [0.2, 0.25) is 0 Å². The molecule has 3 heteroatoms. The monoisotopic (exact) mass is 337 g/mol. The Morgan fingerprint density at radius 2 is 2.00 bits per heavy atom. The summed E-state index contributed by atoms with van der Waals surface area (Å²) < 4.78 is 7.50. The summed E-state index contributed by atoms with van der Waals surface area (Å²) in [5.74, 6) is 2.62. The maximum absolute atomic E-state index is 6.43. The second-order valence-corrected chi connectivity index (χ2v) is 7.77. The molecule has 1 aliphatic carbocycles.